The highest BCUT2D eigenvalue weighted by Crippen LogP contribution is 2.25. The van der Waals surface area contributed by atoms with Gasteiger partial charge in [0.05, 0.1) is 11.0 Å². The summed E-state index contributed by atoms with van der Waals surface area (Å²) in [5.41, 5.74) is 0.263. The average molecular weight is 237 g/mol. The fourth-order valence-corrected chi connectivity index (χ4v) is 1.19. The zero-order valence-corrected chi connectivity index (χ0v) is 10.7. The van der Waals surface area contributed by atoms with Crippen molar-refractivity contribution in [2.24, 2.45) is 11.3 Å². The van der Waals surface area contributed by atoms with E-state index in [1.54, 1.807) is 0 Å². The van der Waals surface area contributed by atoms with E-state index in [-0.39, 0.29) is 11.1 Å². The number of aromatic nitrogens is 1. The van der Waals surface area contributed by atoms with Crippen LogP contribution in [0.5, 0.6) is 0 Å². The van der Waals surface area contributed by atoms with Gasteiger partial charge in [-0.15, -0.1) is 0 Å². The molecule has 0 aliphatic heterocycles. The molecule has 94 valence electrons. The normalized spacial score (nSPS) is 13.2. The third kappa shape index (κ3) is 4.01. The van der Waals surface area contributed by atoms with Gasteiger partial charge in [-0.05, 0) is 11.3 Å². The quantitative estimate of drug-likeness (QED) is 0.645. The summed E-state index contributed by atoms with van der Waals surface area (Å²) >= 11 is 0. The number of nitro groups is 1. The first-order chi connectivity index (χ1) is 7.80. The summed E-state index contributed by atoms with van der Waals surface area (Å²) in [6, 6.07) is 2.84. The molecule has 0 radical (unpaired) electrons. The van der Waals surface area contributed by atoms with Crippen molar-refractivity contribution >= 4 is 11.5 Å². The summed E-state index contributed by atoms with van der Waals surface area (Å²) in [6.45, 7) is 9.39. The lowest BCUT2D eigenvalue weighted by Crippen LogP contribution is -2.25. The van der Waals surface area contributed by atoms with Crippen molar-refractivity contribution in [2.45, 2.75) is 27.7 Å². The van der Waals surface area contributed by atoms with Crippen molar-refractivity contribution in [1.29, 1.82) is 0 Å². The topological polar surface area (TPSA) is 68.1 Å². The van der Waals surface area contributed by atoms with Gasteiger partial charge in [0.15, 0.2) is 0 Å². The number of hydrogen-bond acceptors (Lipinski definition) is 4. The molecule has 0 fully saturated rings. The largest absolute Gasteiger partial charge is 0.370 e. The molecule has 0 amide bonds. The van der Waals surface area contributed by atoms with Crippen molar-refractivity contribution < 1.29 is 4.92 Å². The summed E-state index contributed by atoms with van der Waals surface area (Å²) in [7, 11) is 0. The minimum atomic E-state index is -0.417. The number of hydrogen-bond donors (Lipinski definition) is 1. The summed E-state index contributed by atoms with van der Waals surface area (Å²) in [5, 5.41) is 13.7. The van der Waals surface area contributed by atoms with Crippen LogP contribution < -0.4 is 5.32 Å². The third-order valence-corrected chi connectivity index (χ3v) is 3.02. The van der Waals surface area contributed by atoms with Gasteiger partial charge in [0.2, 0.25) is 0 Å². The molecule has 0 aliphatic carbocycles. The summed E-state index contributed by atoms with van der Waals surface area (Å²) in [4.78, 5) is 14.2. The molecule has 0 bridgehead atoms. The predicted molar refractivity (Wildman–Crippen MR) is 68.0 cm³/mol. The van der Waals surface area contributed by atoms with Gasteiger partial charge >= 0.3 is 0 Å². The lowest BCUT2D eigenvalue weighted by Gasteiger charge is -2.27. The van der Waals surface area contributed by atoms with E-state index in [1.165, 1.54) is 18.3 Å². The van der Waals surface area contributed by atoms with Crippen LogP contribution in [0.4, 0.5) is 11.5 Å². The zero-order valence-electron chi connectivity index (χ0n) is 10.7. The van der Waals surface area contributed by atoms with Crippen molar-refractivity contribution in [3.63, 3.8) is 0 Å². The van der Waals surface area contributed by atoms with E-state index in [4.69, 9.17) is 0 Å². The van der Waals surface area contributed by atoms with E-state index in [2.05, 4.69) is 38.0 Å². The molecular formula is C12H19N3O2. The van der Waals surface area contributed by atoms with Crippen LogP contribution in [0.25, 0.3) is 0 Å². The summed E-state index contributed by atoms with van der Waals surface area (Å²) in [6.07, 6.45) is 1.45. The SMILES string of the molecule is CC(CNc1cc([N+](=O)[O-])ccn1)C(C)(C)C. The van der Waals surface area contributed by atoms with Crippen LogP contribution in [-0.4, -0.2) is 16.5 Å². The first-order valence-electron chi connectivity index (χ1n) is 5.65. The Morgan fingerprint density at radius 1 is 1.53 bits per heavy atom. The van der Waals surface area contributed by atoms with E-state index < -0.39 is 4.92 Å². The molecule has 1 unspecified atom stereocenters. The highest BCUT2D eigenvalue weighted by Gasteiger charge is 2.19. The number of anilines is 1. The third-order valence-electron chi connectivity index (χ3n) is 3.02. The van der Waals surface area contributed by atoms with Crippen molar-refractivity contribution in [3.05, 3.63) is 28.4 Å². The Morgan fingerprint density at radius 2 is 2.18 bits per heavy atom. The standard InChI is InChI=1S/C12H19N3O2/c1-9(12(2,3)4)8-14-11-7-10(15(16)17)5-6-13-11/h5-7,9H,8H2,1-4H3,(H,13,14). The fourth-order valence-electron chi connectivity index (χ4n) is 1.19. The molecule has 5 nitrogen and oxygen atoms in total. The second-order valence-corrected chi connectivity index (χ2v) is 5.30. The molecule has 1 atom stereocenters. The molecule has 0 saturated carbocycles. The molecule has 1 rings (SSSR count). The van der Waals surface area contributed by atoms with Gasteiger partial charge in [0.1, 0.15) is 5.82 Å². The molecule has 0 aromatic carbocycles. The van der Waals surface area contributed by atoms with Crippen LogP contribution in [-0.2, 0) is 0 Å². The lowest BCUT2D eigenvalue weighted by atomic mass is 9.82. The molecule has 0 aliphatic rings. The molecule has 0 spiro atoms. The Hall–Kier alpha value is -1.65. The Balaban J connectivity index is 2.64. The van der Waals surface area contributed by atoms with Crippen LogP contribution in [0.3, 0.4) is 0 Å². The fraction of sp³-hybridized carbons (Fsp3) is 0.583. The Labute approximate surface area is 101 Å². The van der Waals surface area contributed by atoms with Crippen LogP contribution in [0.2, 0.25) is 0 Å². The lowest BCUT2D eigenvalue weighted by molar-refractivity contribution is -0.384. The highest BCUT2D eigenvalue weighted by molar-refractivity contribution is 5.44. The second kappa shape index (κ2) is 5.12. The van der Waals surface area contributed by atoms with E-state index in [1.807, 2.05) is 0 Å². The van der Waals surface area contributed by atoms with Crippen LogP contribution >= 0.6 is 0 Å². The first-order valence-corrected chi connectivity index (χ1v) is 5.65. The maximum Gasteiger partial charge on any atom is 0.274 e. The van der Waals surface area contributed by atoms with Crippen LogP contribution in [0, 0.1) is 21.4 Å². The molecule has 5 heteroatoms. The maximum atomic E-state index is 10.6. The minimum absolute atomic E-state index is 0.0610. The Bertz CT molecular complexity index is 399. The average Bonchev–Trinajstić information content (AvgIpc) is 2.25. The second-order valence-electron chi connectivity index (χ2n) is 5.30. The number of nitrogens with one attached hydrogen (secondary N) is 1. The minimum Gasteiger partial charge on any atom is -0.370 e. The smallest absolute Gasteiger partial charge is 0.274 e. The van der Waals surface area contributed by atoms with Gasteiger partial charge in [-0.3, -0.25) is 10.1 Å². The molecule has 17 heavy (non-hydrogen) atoms. The Morgan fingerprint density at radius 3 is 2.71 bits per heavy atom. The first kappa shape index (κ1) is 13.4. The zero-order chi connectivity index (χ0) is 13.1. The number of pyridine rings is 1. The summed E-state index contributed by atoms with van der Waals surface area (Å²) < 4.78 is 0. The van der Waals surface area contributed by atoms with Crippen LogP contribution in [0.15, 0.2) is 18.3 Å². The van der Waals surface area contributed by atoms with Gasteiger partial charge in [-0.2, -0.15) is 0 Å². The van der Waals surface area contributed by atoms with Gasteiger partial charge in [0.25, 0.3) is 5.69 Å². The van der Waals surface area contributed by atoms with Crippen molar-refractivity contribution in [3.8, 4) is 0 Å². The molecule has 1 aromatic heterocycles. The molecular weight excluding hydrogens is 218 g/mol. The van der Waals surface area contributed by atoms with Crippen molar-refractivity contribution in [2.75, 3.05) is 11.9 Å². The van der Waals surface area contributed by atoms with E-state index in [0.717, 1.165) is 6.54 Å². The van der Waals surface area contributed by atoms with Crippen LogP contribution in [0.1, 0.15) is 27.7 Å². The van der Waals surface area contributed by atoms with E-state index >= 15 is 0 Å². The van der Waals surface area contributed by atoms with Gasteiger partial charge in [-0.25, -0.2) is 4.98 Å². The molecule has 1 heterocycles. The monoisotopic (exact) mass is 237 g/mol. The predicted octanol–water partition coefficient (Wildman–Crippen LogP) is 3.08. The maximum absolute atomic E-state index is 10.6. The number of nitrogens with zero attached hydrogens (tertiary/aromatic N) is 2. The van der Waals surface area contributed by atoms with Gasteiger partial charge in [0, 0.05) is 18.8 Å². The molecule has 1 N–H and O–H groups in total. The molecule has 0 saturated heterocycles. The number of rotatable bonds is 4. The highest BCUT2D eigenvalue weighted by atomic mass is 16.6. The van der Waals surface area contributed by atoms with Crippen molar-refractivity contribution in [1.82, 2.24) is 4.98 Å². The molecule has 1 aromatic rings. The van der Waals surface area contributed by atoms with E-state index in [9.17, 15) is 10.1 Å². The van der Waals surface area contributed by atoms with Gasteiger partial charge in [-0.1, -0.05) is 27.7 Å². The van der Waals surface area contributed by atoms with Gasteiger partial charge < -0.3 is 5.32 Å². The van der Waals surface area contributed by atoms with E-state index in [0.29, 0.717) is 11.7 Å². The Kier molecular flexibility index (Phi) is 4.04. The summed E-state index contributed by atoms with van der Waals surface area (Å²) in [5.74, 6) is 0.999.